The normalized spacial score (nSPS) is 10.6. The fourth-order valence-electron chi connectivity index (χ4n) is 1.87. The van der Waals surface area contributed by atoms with Gasteiger partial charge in [-0.1, -0.05) is 21.1 Å². The SMILES string of the molecule is COCCCNC(=O)c1nnn(-c2ccc(Br)cc2)c1C. The summed E-state index contributed by atoms with van der Waals surface area (Å²) >= 11 is 3.39. The number of benzene rings is 1. The van der Waals surface area contributed by atoms with Crippen LogP contribution in [0.2, 0.25) is 0 Å². The van der Waals surface area contributed by atoms with Crippen molar-refractivity contribution in [1.29, 1.82) is 0 Å². The van der Waals surface area contributed by atoms with Crippen molar-refractivity contribution in [3.8, 4) is 5.69 Å². The molecular weight excluding hydrogens is 336 g/mol. The molecule has 6 nitrogen and oxygen atoms in total. The number of methoxy groups -OCH3 is 1. The van der Waals surface area contributed by atoms with Gasteiger partial charge in [-0.2, -0.15) is 0 Å². The second kappa shape index (κ2) is 7.33. The van der Waals surface area contributed by atoms with Gasteiger partial charge in [0.2, 0.25) is 0 Å². The standard InChI is InChI=1S/C14H17BrN4O2/c1-10-13(14(20)16-8-3-9-21-2)17-18-19(10)12-6-4-11(15)5-7-12/h4-7H,3,8-9H2,1-2H3,(H,16,20). The van der Waals surface area contributed by atoms with Gasteiger partial charge in [0, 0.05) is 24.7 Å². The van der Waals surface area contributed by atoms with Crippen molar-refractivity contribution in [3.05, 3.63) is 40.1 Å². The van der Waals surface area contributed by atoms with Crippen LogP contribution in [0.3, 0.4) is 0 Å². The van der Waals surface area contributed by atoms with E-state index in [1.807, 2.05) is 31.2 Å². The molecule has 1 aromatic carbocycles. The third-order valence-electron chi connectivity index (χ3n) is 2.99. The molecule has 0 radical (unpaired) electrons. The zero-order valence-electron chi connectivity index (χ0n) is 12.0. The molecule has 0 spiro atoms. The molecule has 2 rings (SSSR count). The maximum absolute atomic E-state index is 12.1. The fourth-order valence-corrected chi connectivity index (χ4v) is 2.13. The minimum absolute atomic E-state index is 0.216. The summed E-state index contributed by atoms with van der Waals surface area (Å²) < 4.78 is 7.57. The number of halogens is 1. The lowest BCUT2D eigenvalue weighted by molar-refractivity contribution is 0.0943. The van der Waals surface area contributed by atoms with E-state index in [1.165, 1.54) is 0 Å². The molecule has 112 valence electrons. The van der Waals surface area contributed by atoms with E-state index in [1.54, 1.807) is 11.8 Å². The lowest BCUT2D eigenvalue weighted by Crippen LogP contribution is -2.26. The number of nitrogens with one attached hydrogen (secondary N) is 1. The van der Waals surface area contributed by atoms with E-state index in [4.69, 9.17) is 4.74 Å². The Labute approximate surface area is 131 Å². The van der Waals surface area contributed by atoms with Gasteiger partial charge >= 0.3 is 0 Å². The molecule has 1 amide bonds. The Balaban J connectivity index is 2.09. The second-order valence-electron chi connectivity index (χ2n) is 4.51. The Morgan fingerprint density at radius 3 is 2.76 bits per heavy atom. The lowest BCUT2D eigenvalue weighted by Gasteiger charge is -2.05. The van der Waals surface area contributed by atoms with Crippen LogP contribution in [0.1, 0.15) is 22.6 Å². The summed E-state index contributed by atoms with van der Waals surface area (Å²) in [5.41, 5.74) is 1.92. The second-order valence-corrected chi connectivity index (χ2v) is 5.43. The summed E-state index contributed by atoms with van der Waals surface area (Å²) in [5, 5.41) is 10.8. The number of carbonyl (C=O) groups excluding carboxylic acids is 1. The van der Waals surface area contributed by atoms with Crippen LogP contribution in [0.15, 0.2) is 28.7 Å². The molecule has 1 aromatic heterocycles. The van der Waals surface area contributed by atoms with Gasteiger partial charge in [-0.15, -0.1) is 5.10 Å². The highest BCUT2D eigenvalue weighted by Gasteiger charge is 2.16. The highest BCUT2D eigenvalue weighted by Crippen LogP contribution is 2.16. The molecule has 1 heterocycles. The zero-order chi connectivity index (χ0) is 15.2. The van der Waals surface area contributed by atoms with Crippen molar-refractivity contribution in [1.82, 2.24) is 20.3 Å². The molecular formula is C14H17BrN4O2. The number of nitrogens with zero attached hydrogens (tertiary/aromatic N) is 3. The molecule has 21 heavy (non-hydrogen) atoms. The average molecular weight is 353 g/mol. The maximum Gasteiger partial charge on any atom is 0.273 e. The van der Waals surface area contributed by atoms with E-state index < -0.39 is 0 Å². The highest BCUT2D eigenvalue weighted by atomic mass is 79.9. The number of aromatic nitrogens is 3. The van der Waals surface area contributed by atoms with E-state index in [2.05, 4.69) is 31.6 Å². The van der Waals surface area contributed by atoms with E-state index in [0.717, 1.165) is 16.6 Å². The Morgan fingerprint density at radius 2 is 2.10 bits per heavy atom. The van der Waals surface area contributed by atoms with Gasteiger partial charge in [-0.05, 0) is 37.6 Å². The van der Waals surface area contributed by atoms with E-state index in [-0.39, 0.29) is 5.91 Å². The summed E-state index contributed by atoms with van der Waals surface area (Å²) in [6.07, 6.45) is 0.766. The number of rotatable bonds is 6. The molecule has 0 saturated heterocycles. The van der Waals surface area contributed by atoms with Crippen molar-refractivity contribution < 1.29 is 9.53 Å². The first-order valence-electron chi connectivity index (χ1n) is 6.59. The molecule has 2 aromatic rings. The summed E-state index contributed by atoms with van der Waals surface area (Å²) in [7, 11) is 1.63. The van der Waals surface area contributed by atoms with Crippen LogP contribution in [0.4, 0.5) is 0 Å². The number of amides is 1. The van der Waals surface area contributed by atoms with Crippen LogP contribution in [0.5, 0.6) is 0 Å². The van der Waals surface area contributed by atoms with Crippen molar-refractivity contribution in [2.75, 3.05) is 20.3 Å². The first-order chi connectivity index (χ1) is 10.1. The molecule has 0 atom stereocenters. The van der Waals surface area contributed by atoms with Crippen LogP contribution in [-0.2, 0) is 4.74 Å². The van der Waals surface area contributed by atoms with Crippen molar-refractivity contribution in [3.63, 3.8) is 0 Å². The molecule has 0 aliphatic carbocycles. The largest absolute Gasteiger partial charge is 0.385 e. The highest BCUT2D eigenvalue weighted by molar-refractivity contribution is 9.10. The summed E-state index contributed by atoms with van der Waals surface area (Å²) in [6, 6.07) is 7.65. The minimum atomic E-state index is -0.216. The quantitative estimate of drug-likeness (QED) is 0.808. The van der Waals surface area contributed by atoms with Gasteiger partial charge in [0.25, 0.3) is 5.91 Å². The average Bonchev–Trinajstić information content (AvgIpc) is 2.86. The van der Waals surface area contributed by atoms with Gasteiger partial charge in [0.15, 0.2) is 5.69 Å². The fraction of sp³-hybridized carbons (Fsp3) is 0.357. The number of ether oxygens (including phenoxy) is 1. The summed E-state index contributed by atoms with van der Waals surface area (Å²) in [6.45, 7) is 2.99. The van der Waals surface area contributed by atoms with E-state index in [9.17, 15) is 4.79 Å². The van der Waals surface area contributed by atoms with Gasteiger partial charge in [0.05, 0.1) is 11.4 Å². The molecule has 0 unspecified atom stereocenters. The predicted octanol–water partition coefficient (Wildman–Crippen LogP) is 2.10. The Hall–Kier alpha value is -1.73. The molecule has 1 N–H and O–H groups in total. The first-order valence-corrected chi connectivity index (χ1v) is 7.38. The molecule has 0 aliphatic rings. The minimum Gasteiger partial charge on any atom is -0.385 e. The Kier molecular flexibility index (Phi) is 5.46. The van der Waals surface area contributed by atoms with Crippen LogP contribution < -0.4 is 5.32 Å². The van der Waals surface area contributed by atoms with Gasteiger partial charge in [-0.3, -0.25) is 4.79 Å². The van der Waals surface area contributed by atoms with Gasteiger partial charge in [-0.25, -0.2) is 4.68 Å². The topological polar surface area (TPSA) is 69.0 Å². The van der Waals surface area contributed by atoms with Crippen LogP contribution >= 0.6 is 15.9 Å². The number of hydrogen-bond donors (Lipinski definition) is 1. The summed E-state index contributed by atoms with van der Waals surface area (Å²) in [5.74, 6) is -0.216. The monoisotopic (exact) mass is 352 g/mol. The van der Waals surface area contributed by atoms with E-state index in [0.29, 0.717) is 24.5 Å². The lowest BCUT2D eigenvalue weighted by atomic mass is 10.3. The predicted molar refractivity (Wildman–Crippen MR) is 82.6 cm³/mol. The third-order valence-corrected chi connectivity index (χ3v) is 3.52. The van der Waals surface area contributed by atoms with Crippen molar-refractivity contribution in [2.45, 2.75) is 13.3 Å². The number of hydrogen-bond acceptors (Lipinski definition) is 4. The molecule has 7 heteroatoms. The van der Waals surface area contributed by atoms with Crippen LogP contribution in [-0.4, -0.2) is 41.2 Å². The smallest absolute Gasteiger partial charge is 0.273 e. The molecule has 0 aliphatic heterocycles. The third kappa shape index (κ3) is 3.89. The Morgan fingerprint density at radius 1 is 1.38 bits per heavy atom. The van der Waals surface area contributed by atoms with Crippen molar-refractivity contribution in [2.24, 2.45) is 0 Å². The molecule has 0 saturated carbocycles. The van der Waals surface area contributed by atoms with Crippen molar-refractivity contribution >= 4 is 21.8 Å². The van der Waals surface area contributed by atoms with Gasteiger partial charge < -0.3 is 10.1 Å². The zero-order valence-corrected chi connectivity index (χ0v) is 13.6. The molecule has 0 fully saturated rings. The number of carbonyl (C=O) groups is 1. The summed E-state index contributed by atoms with van der Waals surface area (Å²) in [4.78, 5) is 12.1. The maximum atomic E-state index is 12.1. The van der Waals surface area contributed by atoms with E-state index >= 15 is 0 Å². The first kappa shape index (κ1) is 15.7. The van der Waals surface area contributed by atoms with Gasteiger partial charge in [0.1, 0.15) is 0 Å². The molecule has 0 bridgehead atoms. The van der Waals surface area contributed by atoms with Crippen LogP contribution in [0.25, 0.3) is 5.69 Å². The Bertz CT molecular complexity index is 610. The van der Waals surface area contributed by atoms with Crippen LogP contribution in [0, 0.1) is 6.92 Å².